The van der Waals surface area contributed by atoms with Crippen LogP contribution in [0.15, 0.2) is 0 Å². The molecular weight excluding hydrogens is 173 g/mol. The molecule has 0 aliphatic rings. The van der Waals surface area contributed by atoms with Gasteiger partial charge in [-0.15, -0.1) is 0 Å². The number of ketones is 1. The van der Waals surface area contributed by atoms with E-state index < -0.39 is 23.8 Å². The van der Waals surface area contributed by atoms with Crippen LogP contribution in [0, 0.1) is 5.41 Å². The van der Waals surface area contributed by atoms with Gasteiger partial charge in [-0.1, -0.05) is 13.8 Å². The molecule has 2 nitrogen and oxygen atoms in total. The maximum Gasteiger partial charge on any atom is 0.450 e. The predicted octanol–water partition coefficient (Wildman–Crippen LogP) is 1.73. The van der Waals surface area contributed by atoms with E-state index in [0.29, 0.717) is 6.29 Å². The van der Waals surface area contributed by atoms with Crippen molar-refractivity contribution in [2.24, 2.45) is 5.41 Å². The third kappa shape index (κ3) is 3.50. The second-order valence-corrected chi connectivity index (χ2v) is 3.20. The molecule has 0 aromatic rings. The Morgan fingerprint density at radius 1 is 1.33 bits per heavy atom. The molecule has 5 heteroatoms. The fourth-order valence-corrected chi connectivity index (χ4v) is 0.556. The fourth-order valence-electron chi connectivity index (χ4n) is 0.556. The summed E-state index contributed by atoms with van der Waals surface area (Å²) in [5.74, 6) is -1.86. The first kappa shape index (κ1) is 11.1. The Labute approximate surface area is 67.7 Å². The summed E-state index contributed by atoms with van der Waals surface area (Å²) in [6, 6.07) is 0. The average molecular weight is 182 g/mol. The molecule has 0 saturated heterocycles. The molecule has 0 atom stereocenters. The third-order valence-corrected chi connectivity index (χ3v) is 1.25. The zero-order valence-electron chi connectivity index (χ0n) is 6.73. The van der Waals surface area contributed by atoms with Crippen LogP contribution in [0.3, 0.4) is 0 Å². The van der Waals surface area contributed by atoms with Crippen LogP contribution in [0.1, 0.15) is 20.3 Å². The van der Waals surface area contributed by atoms with E-state index in [9.17, 15) is 22.8 Å². The maximum atomic E-state index is 11.7. The van der Waals surface area contributed by atoms with Gasteiger partial charge in [0.15, 0.2) is 0 Å². The van der Waals surface area contributed by atoms with Crippen LogP contribution >= 0.6 is 0 Å². The highest BCUT2D eigenvalue weighted by atomic mass is 19.4. The van der Waals surface area contributed by atoms with Gasteiger partial charge in [-0.05, 0) is 0 Å². The Morgan fingerprint density at radius 3 is 2.00 bits per heavy atom. The Bertz CT molecular complexity index is 193. The highest BCUT2D eigenvalue weighted by molar-refractivity contribution is 5.86. The summed E-state index contributed by atoms with van der Waals surface area (Å²) in [5.41, 5.74) is -1.23. The molecule has 0 bridgehead atoms. The molecule has 0 fully saturated rings. The maximum absolute atomic E-state index is 11.7. The van der Waals surface area contributed by atoms with E-state index in [1.807, 2.05) is 0 Å². The lowest BCUT2D eigenvalue weighted by Crippen LogP contribution is -2.29. The zero-order chi connectivity index (χ0) is 9.99. The summed E-state index contributed by atoms with van der Waals surface area (Å²) >= 11 is 0. The van der Waals surface area contributed by atoms with Gasteiger partial charge in [0.1, 0.15) is 6.29 Å². The number of Topliss-reactive ketones (excluding diaryl/α,β-unsaturated/α-hetero) is 1. The van der Waals surface area contributed by atoms with Gasteiger partial charge in [0, 0.05) is 11.8 Å². The van der Waals surface area contributed by atoms with Gasteiger partial charge in [-0.25, -0.2) is 0 Å². The van der Waals surface area contributed by atoms with E-state index >= 15 is 0 Å². The quantitative estimate of drug-likeness (QED) is 0.623. The number of carbonyl (C=O) groups excluding carboxylic acids is 2. The Hall–Kier alpha value is -0.870. The minimum absolute atomic E-state index is 0.344. The number of rotatable bonds is 3. The van der Waals surface area contributed by atoms with E-state index in [1.54, 1.807) is 0 Å². The molecule has 70 valence electrons. The second-order valence-electron chi connectivity index (χ2n) is 3.20. The summed E-state index contributed by atoms with van der Waals surface area (Å²) in [5, 5.41) is 0. The van der Waals surface area contributed by atoms with Crippen LogP contribution in [0.25, 0.3) is 0 Å². The van der Waals surface area contributed by atoms with Crippen LogP contribution in [0.2, 0.25) is 0 Å². The van der Waals surface area contributed by atoms with Gasteiger partial charge < -0.3 is 4.79 Å². The molecule has 0 heterocycles. The fraction of sp³-hybridized carbons (Fsp3) is 0.714. The van der Waals surface area contributed by atoms with Crippen molar-refractivity contribution in [2.75, 3.05) is 0 Å². The number of carbonyl (C=O) groups is 2. The van der Waals surface area contributed by atoms with Crippen molar-refractivity contribution in [3.8, 4) is 0 Å². The summed E-state index contributed by atoms with van der Waals surface area (Å²) in [6.07, 6.45) is -5.28. The topological polar surface area (TPSA) is 34.1 Å². The third-order valence-electron chi connectivity index (χ3n) is 1.25. The van der Waals surface area contributed by atoms with E-state index in [2.05, 4.69) is 0 Å². The molecule has 0 spiro atoms. The van der Waals surface area contributed by atoms with Crippen molar-refractivity contribution in [3.63, 3.8) is 0 Å². The van der Waals surface area contributed by atoms with Crippen LogP contribution < -0.4 is 0 Å². The van der Waals surface area contributed by atoms with E-state index in [4.69, 9.17) is 0 Å². The highest BCUT2D eigenvalue weighted by Gasteiger charge is 2.40. The van der Waals surface area contributed by atoms with Crippen molar-refractivity contribution >= 4 is 12.1 Å². The molecule has 0 unspecified atom stereocenters. The molecule has 0 aliphatic heterocycles. The SMILES string of the molecule is CC(C)(C=O)CC(=O)C(F)(F)F. The minimum atomic E-state index is -4.83. The lowest BCUT2D eigenvalue weighted by Gasteiger charge is -2.15. The summed E-state index contributed by atoms with van der Waals surface area (Å²) in [7, 11) is 0. The number of halogens is 3. The lowest BCUT2D eigenvalue weighted by atomic mass is 9.89. The molecular formula is C7H9F3O2. The van der Waals surface area contributed by atoms with Gasteiger partial charge in [0.05, 0.1) is 0 Å². The number of hydrogen-bond donors (Lipinski definition) is 0. The molecule has 0 aliphatic carbocycles. The lowest BCUT2D eigenvalue weighted by molar-refractivity contribution is -0.173. The molecule has 12 heavy (non-hydrogen) atoms. The smallest absolute Gasteiger partial charge is 0.303 e. The predicted molar refractivity (Wildman–Crippen MR) is 35.5 cm³/mol. The Balaban J connectivity index is 4.29. The molecule has 0 aromatic heterocycles. The Morgan fingerprint density at radius 2 is 1.75 bits per heavy atom. The van der Waals surface area contributed by atoms with Crippen LogP contribution in [-0.4, -0.2) is 18.2 Å². The van der Waals surface area contributed by atoms with Gasteiger partial charge >= 0.3 is 6.18 Å². The molecule has 0 rings (SSSR count). The normalized spacial score (nSPS) is 12.8. The molecule has 0 saturated carbocycles. The largest absolute Gasteiger partial charge is 0.450 e. The first-order valence-electron chi connectivity index (χ1n) is 3.25. The van der Waals surface area contributed by atoms with Crippen molar-refractivity contribution in [2.45, 2.75) is 26.4 Å². The van der Waals surface area contributed by atoms with Crippen molar-refractivity contribution in [3.05, 3.63) is 0 Å². The minimum Gasteiger partial charge on any atom is -0.303 e. The second kappa shape index (κ2) is 3.25. The standard InChI is InChI=1S/C7H9F3O2/c1-6(2,4-11)3-5(12)7(8,9)10/h4H,3H2,1-2H3. The molecule has 0 N–H and O–H groups in total. The van der Waals surface area contributed by atoms with Crippen molar-refractivity contribution in [1.82, 2.24) is 0 Å². The summed E-state index contributed by atoms with van der Waals surface area (Å²) < 4.78 is 35.0. The summed E-state index contributed by atoms with van der Waals surface area (Å²) in [4.78, 5) is 20.5. The van der Waals surface area contributed by atoms with Crippen molar-refractivity contribution in [1.29, 1.82) is 0 Å². The molecule has 0 aromatic carbocycles. The van der Waals surface area contributed by atoms with Gasteiger partial charge in [-0.3, -0.25) is 4.79 Å². The molecule has 0 radical (unpaired) electrons. The first-order chi connectivity index (χ1) is 5.19. The van der Waals surface area contributed by atoms with Gasteiger partial charge in [-0.2, -0.15) is 13.2 Å². The summed E-state index contributed by atoms with van der Waals surface area (Å²) in [6.45, 7) is 2.56. The van der Waals surface area contributed by atoms with E-state index in [0.717, 1.165) is 0 Å². The number of hydrogen-bond acceptors (Lipinski definition) is 2. The number of alkyl halides is 3. The van der Waals surface area contributed by atoms with Crippen LogP contribution in [0.4, 0.5) is 13.2 Å². The van der Waals surface area contributed by atoms with Gasteiger partial charge in [0.2, 0.25) is 5.78 Å². The van der Waals surface area contributed by atoms with E-state index in [1.165, 1.54) is 13.8 Å². The monoisotopic (exact) mass is 182 g/mol. The van der Waals surface area contributed by atoms with Gasteiger partial charge in [0.25, 0.3) is 0 Å². The van der Waals surface area contributed by atoms with Crippen LogP contribution in [0.5, 0.6) is 0 Å². The molecule has 0 amide bonds. The first-order valence-corrected chi connectivity index (χ1v) is 3.25. The number of aldehydes is 1. The van der Waals surface area contributed by atoms with Crippen molar-refractivity contribution < 1.29 is 22.8 Å². The Kier molecular flexibility index (Phi) is 3.01. The average Bonchev–Trinajstić information content (AvgIpc) is 1.85. The zero-order valence-corrected chi connectivity index (χ0v) is 6.73. The van der Waals surface area contributed by atoms with Crippen LogP contribution in [-0.2, 0) is 9.59 Å². The van der Waals surface area contributed by atoms with E-state index in [-0.39, 0.29) is 0 Å². The highest BCUT2D eigenvalue weighted by Crippen LogP contribution is 2.25.